The number of rotatable bonds is 11. The summed E-state index contributed by atoms with van der Waals surface area (Å²) < 4.78 is 10.7. The van der Waals surface area contributed by atoms with Crippen LogP contribution in [0.4, 0.5) is 0 Å². The highest BCUT2D eigenvalue weighted by molar-refractivity contribution is 5.86. The second-order valence-electron chi connectivity index (χ2n) is 5.90. The van der Waals surface area contributed by atoms with Crippen LogP contribution in [0.3, 0.4) is 0 Å². The summed E-state index contributed by atoms with van der Waals surface area (Å²) in [6, 6.07) is 3.79. The summed E-state index contributed by atoms with van der Waals surface area (Å²) in [5, 5.41) is 3.23. The van der Waals surface area contributed by atoms with Crippen molar-refractivity contribution >= 4 is 11.9 Å². The molecular weight excluding hydrogens is 346 g/mol. The van der Waals surface area contributed by atoms with Crippen molar-refractivity contribution in [1.29, 1.82) is 0 Å². The van der Waals surface area contributed by atoms with Gasteiger partial charge in [-0.25, -0.2) is 9.98 Å². The molecule has 0 spiro atoms. The number of amides is 1. The van der Waals surface area contributed by atoms with E-state index in [1.807, 2.05) is 49.8 Å². The van der Waals surface area contributed by atoms with Gasteiger partial charge in [0.2, 0.25) is 11.8 Å². The lowest BCUT2D eigenvalue weighted by atomic mass is 10.3. The fraction of sp³-hybridized carbons (Fsp3) is 0.632. The fourth-order valence-electron chi connectivity index (χ4n) is 2.48. The van der Waals surface area contributed by atoms with Crippen LogP contribution in [0.5, 0.6) is 5.88 Å². The molecule has 0 saturated carbocycles. The van der Waals surface area contributed by atoms with Gasteiger partial charge in [0.25, 0.3) is 0 Å². The highest BCUT2D eigenvalue weighted by Crippen LogP contribution is 2.15. The number of carbonyl (C=O) groups is 1. The summed E-state index contributed by atoms with van der Waals surface area (Å²) in [6.07, 6.45) is 1.69. The van der Waals surface area contributed by atoms with Crippen molar-refractivity contribution < 1.29 is 14.3 Å². The Kier molecular flexibility index (Phi) is 10.9. The van der Waals surface area contributed by atoms with Gasteiger partial charge in [0, 0.05) is 45.6 Å². The third-order valence-electron chi connectivity index (χ3n) is 3.96. The number of nitrogens with zero attached hydrogens (tertiary/aromatic N) is 4. The molecule has 8 heteroatoms. The van der Waals surface area contributed by atoms with Crippen molar-refractivity contribution in [2.24, 2.45) is 4.99 Å². The maximum atomic E-state index is 12.4. The number of nitrogens with one attached hydrogen (secondary N) is 1. The van der Waals surface area contributed by atoms with E-state index in [4.69, 9.17) is 9.47 Å². The Morgan fingerprint density at radius 2 is 2.00 bits per heavy atom. The first-order valence-electron chi connectivity index (χ1n) is 9.40. The van der Waals surface area contributed by atoms with Crippen molar-refractivity contribution in [1.82, 2.24) is 20.1 Å². The van der Waals surface area contributed by atoms with Gasteiger partial charge in [-0.15, -0.1) is 0 Å². The maximum Gasteiger partial charge on any atom is 0.242 e. The average molecular weight is 380 g/mol. The zero-order chi connectivity index (χ0) is 20.1. The highest BCUT2D eigenvalue weighted by Gasteiger charge is 2.15. The van der Waals surface area contributed by atoms with Crippen LogP contribution in [0.15, 0.2) is 23.3 Å². The number of hydrogen-bond donors (Lipinski definition) is 1. The van der Waals surface area contributed by atoms with Gasteiger partial charge >= 0.3 is 0 Å². The van der Waals surface area contributed by atoms with E-state index in [0.29, 0.717) is 51.2 Å². The summed E-state index contributed by atoms with van der Waals surface area (Å²) in [5.41, 5.74) is 0.882. The van der Waals surface area contributed by atoms with Crippen LogP contribution in [-0.2, 0) is 16.1 Å². The van der Waals surface area contributed by atoms with Gasteiger partial charge in [-0.3, -0.25) is 4.79 Å². The number of carbonyl (C=O) groups excluding carboxylic acids is 1. The molecule has 1 amide bonds. The van der Waals surface area contributed by atoms with Gasteiger partial charge in [0.05, 0.1) is 19.7 Å². The van der Waals surface area contributed by atoms with E-state index < -0.39 is 0 Å². The molecule has 0 bridgehead atoms. The number of likely N-dealkylation sites (N-methyl/N-ethyl adjacent to an activating group) is 2. The predicted octanol–water partition coefficient (Wildman–Crippen LogP) is 1.37. The smallest absolute Gasteiger partial charge is 0.242 e. The number of guanidine groups is 1. The molecule has 1 rings (SSSR count). The number of ether oxygens (including phenoxy) is 2. The Morgan fingerprint density at radius 3 is 2.63 bits per heavy atom. The van der Waals surface area contributed by atoms with E-state index in [1.165, 1.54) is 0 Å². The molecule has 1 aromatic heterocycles. The molecule has 1 N–H and O–H groups in total. The molecular formula is C19H33N5O3. The van der Waals surface area contributed by atoms with Crippen molar-refractivity contribution in [3.8, 4) is 5.88 Å². The minimum atomic E-state index is 0.0815. The molecule has 0 unspecified atom stereocenters. The standard InChI is InChI=1S/C19H33N5O3/c1-6-20-19(23(4)15-17(25)24(7-2)8-3)22-14-16-10-9-11-21-18(16)27-13-12-26-5/h9-11H,6-8,12-15H2,1-5H3,(H,20,22). The van der Waals surface area contributed by atoms with Crippen LogP contribution < -0.4 is 10.1 Å². The molecule has 27 heavy (non-hydrogen) atoms. The zero-order valence-electron chi connectivity index (χ0n) is 17.2. The van der Waals surface area contributed by atoms with E-state index in [2.05, 4.69) is 15.3 Å². The SMILES string of the molecule is CCNC(=NCc1cccnc1OCCOC)N(C)CC(=O)N(CC)CC. The molecule has 0 radical (unpaired) electrons. The largest absolute Gasteiger partial charge is 0.475 e. The normalized spacial score (nSPS) is 11.2. The summed E-state index contributed by atoms with van der Waals surface area (Å²) >= 11 is 0. The Bertz CT molecular complexity index is 590. The van der Waals surface area contributed by atoms with Gasteiger partial charge in [-0.2, -0.15) is 0 Å². The van der Waals surface area contributed by atoms with Crippen molar-refractivity contribution in [2.45, 2.75) is 27.3 Å². The molecule has 152 valence electrons. The van der Waals surface area contributed by atoms with Crippen molar-refractivity contribution in [3.63, 3.8) is 0 Å². The topological polar surface area (TPSA) is 79.3 Å². The second-order valence-corrected chi connectivity index (χ2v) is 5.90. The minimum Gasteiger partial charge on any atom is -0.475 e. The first-order valence-corrected chi connectivity index (χ1v) is 9.40. The molecule has 1 heterocycles. The summed E-state index contributed by atoms with van der Waals surface area (Å²) in [6.45, 7) is 9.69. The Labute approximate surface area is 162 Å². The van der Waals surface area contributed by atoms with E-state index in [1.54, 1.807) is 13.3 Å². The highest BCUT2D eigenvalue weighted by atomic mass is 16.5. The van der Waals surface area contributed by atoms with Crippen LogP contribution in [0.1, 0.15) is 26.3 Å². The van der Waals surface area contributed by atoms with Gasteiger partial charge < -0.3 is 24.6 Å². The van der Waals surface area contributed by atoms with Gasteiger partial charge in [-0.05, 0) is 26.8 Å². The molecule has 0 atom stereocenters. The number of methoxy groups -OCH3 is 1. The molecule has 0 aromatic carbocycles. The quantitative estimate of drug-likeness (QED) is 0.355. The predicted molar refractivity (Wildman–Crippen MR) is 107 cm³/mol. The third kappa shape index (κ3) is 7.82. The average Bonchev–Trinajstić information content (AvgIpc) is 2.67. The van der Waals surface area contributed by atoms with E-state index in [9.17, 15) is 4.79 Å². The summed E-state index contributed by atoms with van der Waals surface area (Å²) in [5.74, 6) is 1.30. The fourth-order valence-corrected chi connectivity index (χ4v) is 2.48. The van der Waals surface area contributed by atoms with Crippen LogP contribution in [0.2, 0.25) is 0 Å². The van der Waals surface area contributed by atoms with Crippen LogP contribution in [0, 0.1) is 0 Å². The first-order chi connectivity index (χ1) is 13.1. The lowest BCUT2D eigenvalue weighted by Gasteiger charge is -2.25. The van der Waals surface area contributed by atoms with Gasteiger partial charge in [0.15, 0.2) is 5.96 Å². The van der Waals surface area contributed by atoms with Crippen molar-refractivity contribution in [3.05, 3.63) is 23.9 Å². The van der Waals surface area contributed by atoms with Crippen molar-refractivity contribution in [2.75, 3.05) is 53.6 Å². The van der Waals surface area contributed by atoms with Crippen LogP contribution >= 0.6 is 0 Å². The molecule has 0 aliphatic carbocycles. The van der Waals surface area contributed by atoms with E-state index in [0.717, 1.165) is 5.56 Å². The zero-order valence-corrected chi connectivity index (χ0v) is 17.2. The number of hydrogen-bond acceptors (Lipinski definition) is 5. The van der Waals surface area contributed by atoms with Crippen LogP contribution in [-0.4, -0.2) is 80.2 Å². The Morgan fingerprint density at radius 1 is 1.26 bits per heavy atom. The van der Waals surface area contributed by atoms with Crippen LogP contribution in [0.25, 0.3) is 0 Å². The molecule has 0 aliphatic heterocycles. The molecule has 8 nitrogen and oxygen atoms in total. The van der Waals surface area contributed by atoms with Gasteiger partial charge in [-0.1, -0.05) is 6.07 Å². The monoisotopic (exact) mass is 379 g/mol. The Hall–Kier alpha value is -2.35. The van der Waals surface area contributed by atoms with E-state index >= 15 is 0 Å². The molecule has 0 aliphatic rings. The maximum absolute atomic E-state index is 12.4. The minimum absolute atomic E-state index is 0.0815. The van der Waals surface area contributed by atoms with Gasteiger partial charge in [0.1, 0.15) is 6.61 Å². The lowest BCUT2D eigenvalue weighted by molar-refractivity contribution is -0.131. The number of aliphatic imine (C=N–C) groups is 1. The summed E-state index contributed by atoms with van der Waals surface area (Å²) in [4.78, 5) is 24.9. The Balaban J connectivity index is 2.82. The second kappa shape index (κ2) is 12.9. The third-order valence-corrected chi connectivity index (χ3v) is 3.96. The number of aromatic nitrogens is 1. The molecule has 0 saturated heterocycles. The molecule has 0 fully saturated rings. The molecule has 1 aromatic rings. The number of pyridine rings is 1. The first kappa shape index (κ1) is 22.7. The summed E-state index contributed by atoms with van der Waals surface area (Å²) in [7, 11) is 3.49. The lowest BCUT2D eigenvalue weighted by Crippen LogP contribution is -2.45. The van der Waals surface area contributed by atoms with E-state index in [-0.39, 0.29) is 12.5 Å².